The predicted octanol–water partition coefficient (Wildman–Crippen LogP) is 1.88. The Hall–Kier alpha value is -0.820. The summed E-state index contributed by atoms with van der Waals surface area (Å²) >= 11 is 0. The van der Waals surface area contributed by atoms with Gasteiger partial charge in [-0.25, -0.2) is 0 Å². The van der Waals surface area contributed by atoms with Crippen molar-refractivity contribution in [1.82, 2.24) is 9.80 Å². The van der Waals surface area contributed by atoms with Gasteiger partial charge in [-0.3, -0.25) is 9.69 Å². The first-order chi connectivity index (χ1) is 10.3. The molecule has 0 aromatic heterocycles. The number of nitrogens with zero attached hydrogens (tertiary/aromatic N) is 2. The summed E-state index contributed by atoms with van der Waals surface area (Å²) in [5.41, 5.74) is 0. The van der Waals surface area contributed by atoms with Crippen molar-refractivity contribution in [3.05, 3.63) is 0 Å². The first-order valence-corrected chi connectivity index (χ1v) is 8.03. The number of carbonyl (C=O) groups excluding carboxylic acids is 1. The Morgan fingerprint density at radius 1 is 1.23 bits per heavy atom. The van der Waals surface area contributed by atoms with E-state index < -0.39 is 24.1 Å². The maximum absolute atomic E-state index is 12.8. The van der Waals surface area contributed by atoms with Crippen LogP contribution in [0.3, 0.4) is 0 Å². The van der Waals surface area contributed by atoms with Crippen LogP contribution in [0.4, 0.5) is 13.2 Å². The molecular weight excluding hydrogens is 297 g/mol. The van der Waals surface area contributed by atoms with Gasteiger partial charge in [0.15, 0.2) is 0 Å². The van der Waals surface area contributed by atoms with E-state index in [1.165, 1.54) is 0 Å². The van der Waals surface area contributed by atoms with Crippen molar-refractivity contribution in [2.75, 3.05) is 32.7 Å². The average molecular weight is 322 g/mol. The molecule has 7 heteroatoms. The molecule has 3 atom stereocenters. The number of β-amino-alcohol motifs (C(OH)–C–C–N with tert-alkyl or cyclic N) is 1. The number of hydrogen-bond donors (Lipinski definition) is 1. The third-order valence-corrected chi connectivity index (χ3v) is 4.69. The van der Waals surface area contributed by atoms with Crippen LogP contribution in [-0.2, 0) is 4.79 Å². The highest BCUT2D eigenvalue weighted by Crippen LogP contribution is 2.40. The molecule has 1 aliphatic carbocycles. The molecule has 1 heterocycles. The fourth-order valence-electron chi connectivity index (χ4n) is 3.49. The van der Waals surface area contributed by atoms with Gasteiger partial charge in [-0.15, -0.1) is 0 Å². The lowest BCUT2D eigenvalue weighted by molar-refractivity contribution is -0.187. The topological polar surface area (TPSA) is 43.8 Å². The molecule has 4 nitrogen and oxygen atoms in total. The second-order valence-corrected chi connectivity index (χ2v) is 6.58. The van der Waals surface area contributed by atoms with Gasteiger partial charge < -0.3 is 10.0 Å². The van der Waals surface area contributed by atoms with Crippen molar-refractivity contribution < 1.29 is 23.1 Å². The quantitative estimate of drug-likeness (QED) is 0.863. The van der Waals surface area contributed by atoms with Crippen molar-refractivity contribution in [1.29, 1.82) is 0 Å². The highest BCUT2D eigenvalue weighted by Gasteiger charge is 2.44. The van der Waals surface area contributed by atoms with E-state index in [1.54, 1.807) is 11.8 Å². The summed E-state index contributed by atoms with van der Waals surface area (Å²) in [6.45, 7) is 4.72. The molecule has 0 bridgehead atoms. The number of aliphatic hydroxyl groups is 1. The Kier molecular flexibility index (Phi) is 5.71. The second-order valence-electron chi connectivity index (χ2n) is 6.58. The summed E-state index contributed by atoms with van der Waals surface area (Å²) < 4.78 is 38.5. The zero-order valence-electron chi connectivity index (χ0n) is 13.0. The van der Waals surface area contributed by atoms with Gasteiger partial charge in [0.1, 0.15) is 0 Å². The number of halogens is 3. The summed E-state index contributed by atoms with van der Waals surface area (Å²) in [5.74, 6) is -1.93. The van der Waals surface area contributed by atoms with Gasteiger partial charge in [0.2, 0.25) is 5.91 Å². The minimum absolute atomic E-state index is 0.0593. The minimum Gasteiger partial charge on any atom is -0.392 e. The van der Waals surface area contributed by atoms with Crippen LogP contribution in [0.1, 0.15) is 32.6 Å². The molecule has 1 N–H and O–H groups in total. The Labute approximate surface area is 129 Å². The van der Waals surface area contributed by atoms with E-state index in [0.717, 1.165) is 0 Å². The molecule has 128 valence electrons. The third kappa shape index (κ3) is 4.59. The van der Waals surface area contributed by atoms with Gasteiger partial charge in [-0.2, -0.15) is 13.2 Å². The molecule has 1 saturated carbocycles. The van der Waals surface area contributed by atoms with Crippen LogP contribution in [0, 0.1) is 11.8 Å². The Balaban J connectivity index is 1.84. The molecule has 0 aromatic carbocycles. The van der Waals surface area contributed by atoms with Gasteiger partial charge in [0.05, 0.1) is 12.0 Å². The van der Waals surface area contributed by atoms with Crippen LogP contribution in [0.5, 0.6) is 0 Å². The molecule has 0 radical (unpaired) electrons. The van der Waals surface area contributed by atoms with Crippen LogP contribution < -0.4 is 0 Å². The van der Waals surface area contributed by atoms with Crippen molar-refractivity contribution in [2.24, 2.45) is 11.8 Å². The van der Waals surface area contributed by atoms with E-state index in [-0.39, 0.29) is 18.7 Å². The smallest absolute Gasteiger partial charge is 0.391 e. The Bertz CT molecular complexity index is 379. The monoisotopic (exact) mass is 322 g/mol. The lowest BCUT2D eigenvalue weighted by Crippen LogP contribution is -2.52. The average Bonchev–Trinajstić information content (AvgIpc) is 2.46. The fraction of sp³-hybridized carbons (Fsp3) is 0.933. The van der Waals surface area contributed by atoms with E-state index in [9.17, 15) is 23.1 Å². The zero-order valence-corrected chi connectivity index (χ0v) is 13.0. The third-order valence-electron chi connectivity index (χ3n) is 4.69. The number of amides is 1. The molecule has 0 aromatic rings. The highest BCUT2D eigenvalue weighted by molar-refractivity contribution is 5.79. The molecule has 1 saturated heterocycles. The van der Waals surface area contributed by atoms with Crippen LogP contribution in [0.15, 0.2) is 0 Å². The summed E-state index contributed by atoms with van der Waals surface area (Å²) in [7, 11) is 0. The van der Waals surface area contributed by atoms with E-state index >= 15 is 0 Å². The van der Waals surface area contributed by atoms with E-state index in [2.05, 4.69) is 4.90 Å². The lowest BCUT2D eigenvalue weighted by atomic mass is 9.80. The number of carbonyl (C=O) groups is 1. The molecule has 2 aliphatic rings. The molecule has 0 spiro atoms. The second kappa shape index (κ2) is 7.17. The molecule has 1 amide bonds. The maximum atomic E-state index is 12.8. The lowest BCUT2D eigenvalue weighted by Gasteiger charge is -2.38. The van der Waals surface area contributed by atoms with Gasteiger partial charge in [-0.1, -0.05) is 6.42 Å². The largest absolute Gasteiger partial charge is 0.392 e. The Morgan fingerprint density at radius 3 is 2.41 bits per heavy atom. The number of rotatable bonds is 3. The van der Waals surface area contributed by atoms with Gasteiger partial charge >= 0.3 is 6.18 Å². The fourth-order valence-corrected chi connectivity index (χ4v) is 3.49. The van der Waals surface area contributed by atoms with Gasteiger partial charge in [0, 0.05) is 38.6 Å². The van der Waals surface area contributed by atoms with Crippen molar-refractivity contribution in [2.45, 2.75) is 44.9 Å². The number of alkyl halides is 3. The van der Waals surface area contributed by atoms with Crippen molar-refractivity contribution >= 4 is 5.91 Å². The van der Waals surface area contributed by atoms with Crippen LogP contribution in [0.2, 0.25) is 0 Å². The Morgan fingerprint density at radius 2 is 1.86 bits per heavy atom. The van der Waals surface area contributed by atoms with Crippen molar-refractivity contribution in [3.63, 3.8) is 0 Å². The number of piperazine rings is 1. The molecule has 0 unspecified atom stereocenters. The van der Waals surface area contributed by atoms with Crippen LogP contribution in [0.25, 0.3) is 0 Å². The van der Waals surface area contributed by atoms with Crippen LogP contribution in [-0.4, -0.2) is 65.8 Å². The summed E-state index contributed by atoms with van der Waals surface area (Å²) in [6, 6.07) is 0. The number of hydrogen-bond acceptors (Lipinski definition) is 3. The van der Waals surface area contributed by atoms with E-state index in [0.29, 0.717) is 45.6 Å². The summed E-state index contributed by atoms with van der Waals surface area (Å²) in [5, 5.41) is 9.36. The van der Waals surface area contributed by atoms with E-state index in [1.807, 2.05) is 0 Å². The minimum atomic E-state index is -4.19. The molecule has 2 rings (SSSR count). The molecule has 1 aliphatic heterocycles. The van der Waals surface area contributed by atoms with Gasteiger partial charge in [0.25, 0.3) is 0 Å². The molecule has 22 heavy (non-hydrogen) atoms. The van der Waals surface area contributed by atoms with Crippen molar-refractivity contribution in [3.8, 4) is 0 Å². The van der Waals surface area contributed by atoms with Gasteiger partial charge in [-0.05, 0) is 26.2 Å². The first kappa shape index (κ1) is 17.5. The van der Waals surface area contributed by atoms with E-state index in [4.69, 9.17) is 0 Å². The standard InChI is InChI=1S/C15H25F3N2O2/c1-11(21)10-19-5-7-20(8-6-19)14(22)12-3-2-4-13(9-12)15(16,17)18/h11-13,21H,2-10H2,1H3/t11-,12+,13-/m0/s1. The summed E-state index contributed by atoms with van der Waals surface area (Å²) in [6.07, 6.45) is -3.46. The highest BCUT2D eigenvalue weighted by atomic mass is 19.4. The molecular formula is C15H25F3N2O2. The number of aliphatic hydroxyl groups excluding tert-OH is 1. The summed E-state index contributed by atoms with van der Waals surface area (Å²) in [4.78, 5) is 16.2. The molecule has 2 fully saturated rings. The SMILES string of the molecule is C[C@H](O)CN1CCN(C(=O)[C@@H]2CCC[C@H](C(F)(F)F)C2)CC1. The predicted molar refractivity (Wildman–Crippen MR) is 76.2 cm³/mol. The maximum Gasteiger partial charge on any atom is 0.391 e. The normalized spacial score (nSPS) is 29.4. The zero-order chi connectivity index (χ0) is 16.3. The first-order valence-electron chi connectivity index (χ1n) is 8.03. The van der Waals surface area contributed by atoms with Crippen LogP contribution >= 0.6 is 0 Å².